The quantitative estimate of drug-likeness (QED) is 0.301. The number of hydrogen-bond donors (Lipinski definition) is 1. The minimum Gasteiger partial charge on any atom is -0.389 e. The van der Waals surface area contributed by atoms with Crippen LogP contribution in [0.25, 0.3) is 0 Å². The Morgan fingerprint density at radius 3 is 1.27 bits per heavy atom. The molecule has 1 N–H and O–H groups in total. The largest absolute Gasteiger partial charge is 0.389 e. The lowest BCUT2D eigenvalue weighted by atomic mass is 9.69. The molecule has 0 radical (unpaired) electrons. The van der Waals surface area contributed by atoms with E-state index in [9.17, 15) is 5.11 Å². The van der Waals surface area contributed by atoms with Crippen LogP contribution in [-0.4, -0.2) is 29.3 Å². The molecule has 44 heavy (non-hydrogen) atoms. The van der Waals surface area contributed by atoms with Gasteiger partial charge in [-0.25, -0.2) is 0 Å². The third-order valence-electron chi connectivity index (χ3n) is 6.01. The fraction of sp³-hybridized carbons (Fsp3) is 0.950. The third-order valence-corrected chi connectivity index (χ3v) is 6.01. The van der Waals surface area contributed by atoms with Gasteiger partial charge in [0.15, 0.2) is 0 Å². The van der Waals surface area contributed by atoms with E-state index in [1.807, 2.05) is 48.5 Å². The highest BCUT2D eigenvalue weighted by atomic mass is 35.5. The van der Waals surface area contributed by atoms with Gasteiger partial charge >= 0.3 is 0 Å². The van der Waals surface area contributed by atoms with Crippen molar-refractivity contribution in [2.45, 2.75) is 214 Å². The number of ether oxygens (including phenoxy) is 1. The second-order valence-corrected chi connectivity index (χ2v) is 13.3. The average Bonchev–Trinajstić information content (AvgIpc) is 3.58. The van der Waals surface area contributed by atoms with Crippen LogP contribution in [0.3, 0.4) is 0 Å². The molecular formula is C40H92Cl2O2. The third kappa shape index (κ3) is 51.8. The van der Waals surface area contributed by atoms with E-state index in [2.05, 4.69) is 108 Å². The molecule has 0 saturated heterocycles. The molecule has 0 aromatic carbocycles. The second kappa shape index (κ2) is 47.6. The van der Waals surface area contributed by atoms with Crippen LogP contribution in [-0.2, 0) is 4.74 Å². The molecular weight excluding hydrogens is 583 g/mol. The minimum absolute atomic E-state index is 0.0503. The van der Waals surface area contributed by atoms with Crippen molar-refractivity contribution in [1.29, 1.82) is 0 Å². The van der Waals surface area contributed by atoms with Crippen LogP contribution in [0.1, 0.15) is 203 Å². The van der Waals surface area contributed by atoms with E-state index in [0.29, 0.717) is 5.92 Å². The predicted molar refractivity (Wildman–Crippen MR) is 214 cm³/mol. The van der Waals surface area contributed by atoms with Crippen molar-refractivity contribution >= 4 is 23.2 Å². The van der Waals surface area contributed by atoms with Crippen LogP contribution in [0, 0.1) is 23.2 Å². The maximum atomic E-state index is 10.7. The van der Waals surface area contributed by atoms with Gasteiger partial charge in [0.25, 0.3) is 0 Å². The number of rotatable bonds is 4. The van der Waals surface area contributed by atoms with Crippen LogP contribution in [0.4, 0.5) is 0 Å². The van der Waals surface area contributed by atoms with Gasteiger partial charge in [0.05, 0.1) is 11.2 Å². The summed E-state index contributed by atoms with van der Waals surface area (Å²) in [7, 11) is 0. The van der Waals surface area contributed by atoms with Crippen LogP contribution in [0.15, 0.2) is 12.1 Å². The molecule has 1 atom stereocenters. The first kappa shape index (κ1) is 63.0. The lowest BCUT2D eigenvalue weighted by molar-refractivity contribution is -0.0888. The van der Waals surface area contributed by atoms with Crippen molar-refractivity contribution in [3.8, 4) is 0 Å². The summed E-state index contributed by atoms with van der Waals surface area (Å²) < 4.78 is 5.23. The molecule has 0 spiro atoms. The minimum atomic E-state index is -0.330. The van der Waals surface area contributed by atoms with E-state index in [4.69, 9.17) is 16.3 Å². The second-order valence-electron chi connectivity index (χ2n) is 13.0. The van der Waals surface area contributed by atoms with Crippen molar-refractivity contribution < 1.29 is 9.84 Å². The van der Waals surface area contributed by atoms with E-state index in [-0.39, 0.29) is 16.6 Å². The molecule has 2 aliphatic rings. The normalized spacial score (nSPS) is 17.1. The topological polar surface area (TPSA) is 29.5 Å². The van der Waals surface area contributed by atoms with Gasteiger partial charge in [-0.2, -0.15) is 0 Å². The highest BCUT2D eigenvalue weighted by molar-refractivity contribution is 6.25. The van der Waals surface area contributed by atoms with Gasteiger partial charge in [0, 0.05) is 13.0 Å². The van der Waals surface area contributed by atoms with Gasteiger partial charge in [-0.3, -0.25) is 0 Å². The summed E-state index contributed by atoms with van der Waals surface area (Å²) in [6.07, 6.45) is 14.1. The fourth-order valence-corrected chi connectivity index (χ4v) is 4.53. The SMILES string of the molecule is C=CCl.CC.CC.CC.CC(C)C.CC1(C)CCCC1(O)C1CCCC1.CCC.CCCC(C)C.CCOC(C)(C)C.CCl. The Labute approximate surface area is 294 Å². The first-order chi connectivity index (χ1) is 20.5. The van der Waals surface area contributed by atoms with Crippen molar-refractivity contribution in [3.63, 3.8) is 0 Å². The number of aliphatic hydroxyl groups is 1. The lowest BCUT2D eigenvalue weighted by Crippen LogP contribution is -2.45. The van der Waals surface area contributed by atoms with E-state index in [0.717, 1.165) is 24.9 Å². The highest BCUT2D eigenvalue weighted by Crippen LogP contribution is 2.53. The zero-order valence-electron chi connectivity index (χ0n) is 34.9. The summed E-state index contributed by atoms with van der Waals surface area (Å²) in [6, 6.07) is 0. The number of hydrogen-bond acceptors (Lipinski definition) is 2. The molecule has 0 amide bonds. The van der Waals surface area contributed by atoms with E-state index in [1.165, 1.54) is 69.7 Å². The fourth-order valence-electron chi connectivity index (χ4n) is 4.53. The predicted octanol–water partition coefficient (Wildman–Crippen LogP) is 15.8. The molecule has 278 valence electrons. The highest BCUT2D eigenvalue weighted by Gasteiger charge is 2.52. The molecule has 2 nitrogen and oxygen atoms in total. The first-order valence-electron chi connectivity index (χ1n) is 18.4. The van der Waals surface area contributed by atoms with E-state index >= 15 is 0 Å². The monoisotopic (exact) mass is 675 g/mol. The Balaban J connectivity index is -0.0000000608. The molecule has 0 bridgehead atoms. The van der Waals surface area contributed by atoms with Crippen LogP contribution in [0.5, 0.6) is 0 Å². The summed E-state index contributed by atoms with van der Waals surface area (Å²) in [5, 5.41) is 10.7. The molecule has 0 aromatic heterocycles. The van der Waals surface area contributed by atoms with E-state index < -0.39 is 0 Å². The maximum absolute atomic E-state index is 10.7. The summed E-state index contributed by atoms with van der Waals surface area (Å²) in [5.41, 5.74) is 1.11. The van der Waals surface area contributed by atoms with Crippen LogP contribution >= 0.6 is 23.2 Å². The smallest absolute Gasteiger partial charge is 0.0726 e. The Morgan fingerprint density at radius 2 is 1.14 bits per heavy atom. The van der Waals surface area contributed by atoms with Crippen molar-refractivity contribution in [2.24, 2.45) is 23.2 Å². The van der Waals surface area contributed by atoms with Crippen molar-refractivity contribution in [1.82, 2.24) is 0 Å². The van der Waals surface area contributed by atoms with Gasteiger partial charge < -0.3 is 9.84 Å². The molecule has 1 unspecified atom stereocenters. The van der Waals surface area contributed by atoms with Gasteiger partial charge in [-0.05, 0) is 88.5 Å². The molecule has 2 aliphatic carbocycles. The number of alkyl halides is 1. The molecule has 4 heteroatoms. The summed E-state index contributed by atoms with van der Waals surface area (Å²) in [6.45, 7) is 46.1. The Hall–Kier alpha value is 0.240. The van der Waals surface area contributed by atoms with E-state index in [1.54, 1.807) is 0 Å². The Kier molecular flexibility index (Phi) is 68.2. The average molecular weight is 676 g/mol. The number of halogens is 2. The maximum Gasteiger partial charge on any atom is 0.0726 e. The Bertz CT molecular complexity index is 448. The summed E-state index contributed by atoms with van der Waals surface area (Å²) in [4.78, 5) is 0. The summed E-state index contributed by atoms with van der Waals surface area (Å²) in [5.74, 6) is 2.33. The zero-order valence-corrected chi connectivity index (χ0v) is 36.4. The van der Waals surface area contributed by atoms with Gasteiger partial charge in [-0.1, -0.05) is 161 Å². The zero-order chi connectivity index (χ0) is 37.4. The lowest BCUT2D eigenvalue weighted by Gasteiger charge is -2.41. The van der Waals surface area contributed by atoms with Gasteiger partial charge in [0.2, 0.25) is 0 Å². The first-order valence-corrected chi connectivity index (χ1v) is 19.6. The molecule has 2 rings (SSSR count). The van der Waals surface area contributed by atoms with Gasteiger partial charge in [-0.15, -0.1) is 11.6 Å². The Morgan fingerprint density at radius 1 is 0.818 bits per heavy atom. The van der Waals surface area contributed by atoms with Gasteiger partial charge in [0.1, 0.15) is 0 Å². The standard InChI is InChI=1S/C12H22O.C6H14O.C6H14.C4H10.C3H8.C2H3Cl.3C2H6.CH3Cl/c1-11(2)8-5-9-12(11,13)10-6-3-4-7-10;1-5-7-6(2,3)4;1-4-5-6(2)3;1-4(2)3;1-3-2;1-2-3;4*1-2/h10,13H,3-9H2,1-2H3;5H2,1-4H3;6H,4-5H2,1-3H3;4H,1-3H3;3H2,1-2H3;2H,1H2;3*1-2H3;1H3. The van der Waals surface area contributed by atoms with Crippen molar-refractivity contribution in [2.75, 3.05) is 13.0 Å². The molecule has 0 heterocycles. The molecule has 0 aliphatic heterocycles. The molecule has 0 aromatic rings. The molecule has 2 saturated carbocycles. The van der Waals surface area contributed by atoms with Crippen LogP contribution in [0.2, 0.25) is 0 Å². The summed E-state index contributed by atoms with van der Waals surface area (Å²) >= 11 is 9.40. The molecule has 2 fully saturated rings. The van der Waals surface area contributed by atoms with Crippen LogP contribution < -0.4 is 0 Å². The van der Waals surface area contributed by atoms with Crippen molar-refractivity contribution in [3.05, 3.63) is 12.1 Å².